The molecule has 1 saturated heterocycles. The van der Waals surface area contributed by atoms with E-state index >= 15 is 0 Å². The number of halogens is 1. The van der Waals surface area contributed by atoms with Gasteiger partial charge in [-0.1, -0.05) is 12.1 Å². The molecule has 0 spiro atoms. The topological polar surface area (TPSA) is 56.8 Å². The van der Waals surface area contributed by atoms with E-state index in [9.17, 15) is 0 Å². The monoisotopic (exact) mass is 489 g/mol. The van der Waals surface area contributed by atoms with Gasteiger partial charge >= 0.3 is 0 Å². The van der Waals surface area contributed by atoms with Gasteiger partial charge in [0.05, 0.1) is 17.8 Å². The van der Waals surface area contributed by atoms with Gasteiger partial charge in [-0.05, 0) is 72.4 Å². The van der Waals surface area contributed by atoms with Crippen molar-refractivity contribution >= 4 is 39.9 Å². The summed E-state index contributed by atoms with van der Waals surface area (Å²) in [4.78, 5) is 14.6. The fraction of sp³-hybridized carbons (Fsp3) is 0.250. The summed E-state index contributed by atoms with van der Waals surface area (Å²) < 4.78 is 1.25. The normalized spacial score (nSPS) is 19.4. The van der Waals surface area contributed by atoms with E-state index in [-0.39, 0.29) is 12.1 Å². The maximum absolute atomic E-state index is 5.74. The molecule has 7 heteroatoms. The molecule has 4 rings (SSSR count). The third-order valence-corrected chi connectivity index (χ3v) is 6.66. The number of nitrogens with zero attached hydrogens (tertiary/aromatic N) is 3. The summed E-state index contributed by atoms with van der Waals surface area (Å²) in [6, 6.07) is 10.1. The van der Waals surface area contributed by atoms with Gasteiger partial charge in [-0.3, -0.25) is 9.97 Å². The Balaban J connectivity index is 1.80. The minimum Gasteiger partial charge on any atom is -0.362 e. The van der Waals surface area contributed by atoms with E-state index in [0.717, 1.165) is 16.4 Å². The summed E-state index contributed by atoms with van der Waals surface area (Å²) in [7, 11) is 0. The number of H-pyrrole nitrogens is 1. The number of aromatic nitrogens is 3. The van der Waals surface area contributed by atoms with E-state index < -0.39 is 0 Å². The molecule has 1 fully saturated rings. The molecule has 1 aliphatic rings. The van der Waals surface area contributed by atoms with Crippen LogP contribution in [-0.2, 0) is 6.54 Å². The van der Waals surface area contributed by atoms with Crippen LogP contribution in [0, 0.1) is 17.4 Å². The van der Waals surface area contributed by atoms with Gasteiger partial charge in [0.15, 0.2) is 5.11 Å². The highest BCUT2D eigenvalue weighted by molar-refractivity contribution is 14.1. The summed E-state index contributed by atoms with van der Waals surface area (Å²) in [5.41, 5.74) is 5.76. The second kappa shape index (κ2) is 7.55. The fourth-order valence-corrected chi connectivity index (χ4v) is 4.86. The molecule has 2 N–H and O–H groups in total. The molecule has 4 heterocycles. The molecular weight excluding hydrogens is 469 g/mol. The molecule has 0 saturated carbocycles. The van der Waals surface area contributed by atoms with Gasteiger partial charge in [-0.25, -0.2) is 0 Å². The average Bonchev–Trinajstić information content (AvgIpc) is 3.12. The van der Waals surface area contributed by atoms with Crippen LogP contribution in [0.5, 0.6) is 0 Å². The first-order valence-electron chi connectivity index (χ1n) is 8.77. The first-order valence-corrected chi connectivity index (χ1v) is 10.3. The smallest absolute Gasteiger partial charge is 0.170 e. The van der Waals surface area contributed by atoms with Crippen molar-refractivity contribution < 1.29 is 0 Å². The molecular formula is C20H20IN5S. The summed E-state index contributed by atoms with van der Waals surface area (Å²) in [5.74, 6) is 0. The number of nitrogens with one attached hydrogen (secondary N) is 2. The molecule has 0 radical (unpaired) electrons. The van der Waals surface area contributed by atoms with Crippen LogP contribution in [0.3, 0.4) is 0 Å². The van der Waals surface area contributed by atoms with Gasteiger partial charge in [-0.2, -0.15) is 0 Å². The van der Waals surface area contributed by atoms with E-state index in [4.69, 9.17) is 12.2 Å². The molecule has 0 bridgehead atoms. The molecule has 3 aromatic heterocycles. The Hall–Kier alpha value is -2.00. The largest absolute Gasteiger partial charge is 0.362 e. The van der Waals surface area contributed by atoms with Gasteiger partial charge in [0.25, 0.3) is 0 Å². The highest BCUT2D eigenvalue weighted by Gasteiger charge is 2.42. The molecule has 3 aromatic rings. The maximum Gasteiger partial charge on any atom is 0.170 e. The van der Waals surface area contributed by atoms with Gasteiger partial charge < -0.3 is 15.2 Å². The Bertz CT molecular complexity index is 957. The Kier molecular flexibility index (Phi) is 5.14. The average molecular weight is 489 g/mol. The predicted molar refractivity (Wildman–Crippen MR) is 118 cm³/mol. The zero-order chi connectivity index (χ0) is 19.0. The Morgan fingerprint density at radius 3 is 2.63 bits per heavy atom. The van der Waals surface area contributed by atoms with Crippen LogP contribution in [0.1, 0.15) is 40.3 Å². The minimum atomic E-state index is -0.00205. The van der Waals surface area contributed by atoms with Gasteiger partial charge in [0.2, 0.25) is 0 Å². The fourth-order valence-electron chi connectivity index (χ4n) is 3.70. The van der Waals surface area contributed by atoms with Crippen LogP contribution in [-0.4, -0.2) is 25.0 Å². The predicted octanol–water partition coefficient (Wildman–Crippen LogP) is 4.20. The van der Waals surface area contributed by atoms with E-state index in [1.165, 1.54) is 20.5 Å². The van der Waals surface area contributed by atoms with Crippen molar-refractivity contribution in [1.29, 1.82) is 0 Å². The zero-order valence-corrected chi connectivity index (χ0v) is 18.1. The number of pyridine rings is 2. The summed E-state index contributed by atoms with van der Waals surface area (Å²) in [6.45, 7) is 4.94. The van der Waals surface area contributed by atoms with Crippen molar-refractivity contribution in [2.24, 2.45) is 0 Å². The number of aromatic amines is 1. The van der Waals surface area contributed by atoms with Crippen molar-refractivity contribution in [2.45, 2.75) is 32.5 Å². The van der Waals surface area contributed by atoms with Crippen LogP contribution in [0.15, 0.2) is 48.9 Å². The van der Waals surface area contributed by atoms with E-state index in [1.54, 1.807) is 6.20 Å². The Morgan fingerprint density at radius 1 is 1.15 bits per heavy atom. The van der Waals surface area contributed by atoms with Gasteiger partial charge in [0.1, 0.15) is 0 Å². The first kappa shape index (κ1) is 18.4. The van der Waals surface area contributed by atoms with Crippen LogP contribution in [0.2, 0.25) is 0 Å². The van der Waals surface area contributed by atoms with Crippen molar-refractivity contribution in [3.63, 3.8) is 0 Å². The molecule has 0 aliphatic carbocycles. The van der Waals surface area contributed by atoms with Gasteiger partial charge in [-0.15, -0.1) is 0 Å². The molecule has 2 atom stereocenters. The zero-order valence-electron chi connectivity index (χ0n) is 15.1. The SMILES string of the molecule is Cc1[nH]c(C)c(C2C(c3ccccn3)NC(=S)N2Cc2cccnc2)c1I. The van der Waals surface area contributed by atoms with Crippen molar-refractivity contribution in [1.82, 2.24) is 25.2 Å². The number of aryl methyl sites for hydroxylation is 2. The molecule has 2 unspecified atom stereocenters. The highest BCUT2D eigenvalue weighted by atomic mass is 127. The number of rotatable bonds is 4. The van der Waals surface area contributed by atoms with Crippen LogP contribution >= 0.6 is 34.8 Å². The third-order valence-electron chi connectivity index (χ3n) is 4.91. The van der Waals surface area contributed by atoms with E-state index in [0.29, 0.717) is 6.54 Å². The standard InChI is InChI=1S/C20H20IN5S/c1-12-16(17(21)13(2)24-12)19-18(15-7-3-4-9-23-15)25-20(27)26(19)11-14-6-5-8-22-10-14/h3-10,18-19,24H,11H2,1-2H3,(H,25,27). The summed E-state index contributed by atoms with van der Waals surface area (Å²) in [5, 5.41) is 4.25. The lowest BCUT2D eigenvalue weighted by molar-refractivity contribution is 0.309. The molecule has 0 aromatic carbocycles. The van der Waals surface area contributed by atoms with Crippen LogP contribution < -0.4 is 5.32 Å². The highest BCUT2D eigenvalue weighted by Crippen LogP contribution is 2.43. The lowest BCUT2D eigenvalue weighted by Crippen LogP contribution is -2.29. The first-order chi connectivity index (χ1) is 13.1. The summed E-state index contributed by atoms with van der Waals surface area (Å²) >= 11 is 8.17. The molecule has 138 valence electrons. The number of thiocarbonyl (C=S) groups is 1. The number of hydrogen-bond donors (Lipinski definition) is 2. The van der Waals surface area contributed by atoms with Crippen LogP contribution in [0.4, 0.5) is 0 Å². The second-order valence-electron chi connectivity index (χ2n) is 6.72. The lowest BCUT2D eigenvalue weighted by atomic mass is 9.96. The molecule has 27 heavy (non-hydrogen) atoms. The van der Waals surface area contributed by atoms with Crippen molar-refractivity contribution in [3.8, 4) is 0 Å². The van der Waals surface area contributed by atoms with Gasteiger partial charge in [0, 0.05) is 45.7 Å². The lowest BCUT2D eigenvalue weighted by Gasteiger charge is -2.28. The van der Waals surface area contributed by atoms with E-state index in [2.05, 4.69) is 73.7 Å². The van der Waals surface area contributed by atoms with Crippen molar-refractivity contribution in [2.75, 3.05) is 0 Å². The Labute approximate surface area is 177 Å². The summed E-state index contributed by atoms with van der Waals surface area (Å²) in [6.07, 6.45) is 5.52. The van der Waals surface area contributed by atoms with Crippen LogP contribution in [0.25, 0.3) is 0 Å². The second-order valence-corrected chi connectivity index (χ2v) is 8.18. The quantitative estimate of drug-likeness (QED) is 0.425. The minimum absolute atomic E-state index is 0.00205. The van der Waals surface area contributed by atoms with Crippen molar-refractivity contribution in [3.05, 3.63) is 80.7 Å². The molecule has 5 nitrogen and oxygen atoms in total. The Morgan fingerprint density at radius 2 is 2.00 bits per heavy atom. The molecule has 1 aliphatic heterocycles. The maximum atomic E-state index is 5.74. The van der Waals surface area contributed by atoms with E-state index in [1.807, 2.05) is 30.6 Å². The molecule has 0 amide bonds. The number of hydrogen-bond acceptors (Lipinski definition) is 3. The third kappa shape index (κ3) is 3.45.